The SMILES string of the molecule is O=C(NC(CC1CCCCC1)C(=O)N1CCC2C1C(=O)CN2S(=O)(=O)C(=O)c1cccnc1)Oc1ccsc1. The number of hydrogen-bond acceptors (Lipinski definition) is 9. The number of amides is 2. The van der Waals surface area contributed by atoms with E-state index in [9.17, 15) is 27.6 Å². The smallest absolute Gasteiger partial charge is 0.409 e. The molecule has 2 aliphatic heterocycles. The van der Waals surface area contributed by atoms with Crippen LogP contribution in [0.1, 0.15) is 55.3 Å². The van der Waals surface area contributed by atoms with Crippen LogP contribution in [0.5, 0.6) is 5.75 Å². The topological polar surface area (TPSA) is 143 Å². The Kier molecular flexibility index (Phi) is 8.10. The first kappa shape index (κ1) is 27.4. The van der Waals surface area contributed by atoms with E-state index in [0.717, 1.165) is 42.6 Å². The number of sulfonamides is 1. The first-order chi connectivity index (χ1) is 18.8. The highest BCUT2D eigenvalue weighted by atomic mass is 32.2. The van der Waals surface area contributed by atoms with Gasteiger partial charge < -0.3 is 15.0 Å². The second kappa shape index (κ2) is 11.5. The van der Waals surface area contributed by atoms with Crippen LogP contribution in [0.4, 0.5) is 4.79 Å². The Morgan fingerprint density at radius 3 is 2.64 bits per heavy atom. The van der Waals surface area contributed by atoms with Crippen molar-refractivity contribution in [1.29, 1.82) is 0 Å². The van der Waals surface area contributed by atoms with Gasteiger partial charge in [-0.15, -0.1) is 11.3 Å². The second-order valence-corrected chi connectivity index (χ2v) is 12.7. The van der Waals surface area contributed by atoms with E-state index in [2.05, 4.69) is 10.3 Å². The van der Waals surface area contributed by atoms with Crippen LogP contribution in [0.2, 0.25) is 0 Å². The number of hydrogen-bond donors (Lipinski definition) is 1. The van der Waals surface area contributed by atoms with Gasteiger partial charge in [-0.1, -0.05) is 32.1 Å². The fourth-order valence-electron chi connectivity index (χ4n) is 5.85. The molecular weight excluding hydrogens is 544 g/mol. The van der Waals surface area contributed by atoms with Gasteiger partial charge in [-0.2, -0.15) is 4.31 Å². The highest BCUT2D eigenvalue weighted by molar-refractivity contribution is 8.04. The summed E-state index contributed by atoms with van der Waals surface area (Å²) in [6, 6.07) is 1.67. The molecule has 0 spiro atoms. The van der Waals surface area contributed by atoms with E-state index in [1.165, 1.54) is 34.6 Å². The third-order valence-electron chi connectivity index (χ3n) is 7.69. The van der Waals surface area contributed by atoms with Crippen molar-refractivity contribution >= 4 is 44.3 Å². The number of likely N-dealkylation sites (tertiary alicyclic amines) is 1. The largest absolute Gasteiger partial charge is 0.413 e. The Bertz CT molecular complexity index is 1330. The molecule has 11 nitrogen and oxygen atoms in total. The average Bonchev–Trinajstić information content (AvgIpc) is 3.68. The van der Waals surface area contributed by atoms with Crippen LogP contribution in [-0.4, -0.2) is 76.7 Å². The first-order valence-corrected chi connectivity index (χ1v) is 15.4. The predicted molar refractivity (Wildman–Crippen MR) is 142 cm³/mol. The number of ketones is 1. The summed E-state index contributed by atoms with van der Waals surface area (Å²) in [5, 5.41) is 5.00. The number of pyridine rings is 1. The number of aromatic nitrogens is 1. The molecule has 3 fully saturated rings. The zero-order valence-electron chi connectivity index (χ0n) is 21.2. The summed E-state index contributed by atoms with van der Waals surface area (Å²) in [6.45, 7) is -0.357. The molecule has 0 aromatic carbocycles. The molecule has 0 radical (unpaired) electrons. The van der Waals surface area contributed by atoms with Gasteiger partial charge in [0.05, 0.1) is 18.2 Å². The molecule has 0 bridgehead atoms. The fourth-order valence-corrected chi connectivity index (χ4v) is 7.90. The van der Waals surface area contributed by atoms with Gasteiger partial charge in [0, 0.05) is 24.3 Å². The van der Waals surface area contributed by atoms with Crippen LogP contribution in [0.15, 0.2) is 41.4 Å². The van der Waals surface area contributed by atoms with Crippen LogP contribution in [0.3, 0.4) is 0 Å². The van der Waals surface area contributed by atoms with Crippen LogP contribution in [0.25, 0.3) is 0 Å². The van der Waals surface area contributed by atoms with Gasteiger partial charge in [0.25, 0.3) is 15.1 Å². The van der Waals surface area contributed by atoms with E-state index in [4.69, 9.17) is 4.74 Å². The van der Waals surface area contributed by atoms with Gasteiger partial charge in [-0.3, -0.25) is 19.4 Å². The lowest BCUT2D eigenvalue weighted by Crippen LogP contribution is -2.53. The lowest BCUT2D eigenvalue weighted by Gasteiger charge is -2.31. The molecular formula is C26H30N4O7S2. The van der Waals surface area contributed by atoms with Gasteiger partial charge in [-0.25, -0.2) is 13.2 Å². The zero-order chi connectivity index (χ0) is 27.6. The third kappa shape index (κ3) is 5.75. The van der Waals surface area contributed by atoms with Gasteiger partial charge in [0.2, 0.25) is 5.91 Å². The number of carbonyl (C=O) groups excluding carboxylic acids is 4. The quantitative estimate of drug-likeness (QED) is 0.532. The minimum absolute atomic E-state index is 0.0970. The Balaban J connectivity index is 1.33. The normalized spacial score (nSPS) is 22.9. The highest BCUT2D eigenvalue weighted by Gasteiger charge is 2.55. The Morgan fingerprint density at radius 2 is 1.95 bits per heavy atom. The number of nitrogens with one attached hydrogen (secondary N) is 1. The predicted octanol–water partition coefficient (Wildman–Crippen LogP) is 2.59. The summed E-state index contributed by atoms with van der Waals surface area (Å²) in [5.74, 6) is -0.291. The molecule has 13 heteroatoms. The number of thiophene rings is 1. The number of ether oxygens (including phenoxy) is 1. The van der Waals surface area contributed by atoms with Crippen molar-refractivity contribution in [3.05, 3.63) is 46.9 Å². The molecule has 208 valence electrons. The van der Waals surface area contributed by atoms with E-state index in [1.807, 2.05) is 0 Å². The summed E-state index contributed by atoms with van der Waals surface area (Å²) in [4.78, 5) is 57.6. The molecule has 39 heavy (non-hydrogen) atoms. The summed E-state index contributed by atoms with van der Waals surface area (Å²) >= 11 is 1.37. The van der Waals surface area contributed by atoms with Gasteiger partial charge in [0.15, 0.2) is 5.78 Å². The number of fused-ring (bicyclic) bond motifs is 1. The van der Waals surface area contributed by atoms with Gasteiger partial charge in [0.1, 0.15) is 17.8 Å². The molecule has 1 N–H and O–H groups in total. The second-order valence-electron chi connectivity index (χ2n) is 10.2. The van der Waals surface area contributed by atoms with E-state index in [0.29, 0.717) is 12.2 Å². The van der Waals surface area contributed by atoms with E-state index in [1.54, 1.807) is 16.8 Å². The molecule has 2 saturated heterocycles. The van der Waals surface area contributed by atoms with Crippen molar-refractivity contribution in [2.75, 3.05) is 13.1 Å². The average molecular weight is 575 g/mol. The molecule has 3 aliphatic rings. The lowest BCUT2D eigenvalue weighted by atomic mass is 9.84. The van der Waals surface area contributed by atoms with Crippen molar-refractivity contribution < 1.29 is 32.3 Å². The van der Waals surface area contributed by atoms with Crippen LogP contribution in [0, 0.1) is 5.92 Å². The minimum Gasteiger partial charge on any atom is -0.409 e. The Labute approximate surface area is 230 Å². The Morgan fingerprint density at radius 1 is 1.15 bits per heavy atom. The van der Waals surface area contributed by atoms with Crippen molar-refractivity contribution in [2.45, 2.75) is 63.1 Å². The monoisotopic (exact) mass is 574 g/mol. The maximum atomic E-state index is 13.8. The fraction of sp³-hybridized carbons (Fsp3) is 0.500. The van der Waals surface area contributed by atoms with Gasteiger partial charge in [-0.05, 0) is 42.3 Å². The number of Topliss-reactive ketones (excluding diaryl/α,β-unsaturated/α-hetero) is 1. The van der Waals surface area contributed by atoms with E-state index in [-0.39, 0.29) is 24.4 Å². The first-order valence-electron chi connectivity index (χ1n) is 13.1. The number of carbonyl (C=O) groups is 4. The summed E-state index contributed by atoms with van der Waals surface area (Å²) in [5.41, 5.74) is -0.0970. The summed E-state index contributed by atoms with van der Waals surface area (Å²) in [6.07, 6.45) is 7.56. The van der Waals surface area contributed by atoms with E-state index >= 15 is 0 Å². The summed E-state index contributed by atoms with van der Waals surface area (Å²) < 4.78 is 32.7. The molecule has 1 aliphatic carbocycles. The molecule has 1 saturated carbocycles. The molecule has 5 rings (SSSR count). The molecule has 2 amide bonds. The molecule has 2 aromatic heterocycles. The molecule has 4 heterocycles. The van der Waals surface area contributed by atoms with Crippen molar-refractivity contribution in [3.63, 3.8) is 0 Å². The molecule has 2 aromatic rings. The van der Waals surface area contributed by atoms with Crippen molar-refractivity contribution in [3.8, 4) is 5.75 Å². The Hall–Kier alpha value is -3.16. The van der Waals surface area contributed by atoms with Crippen LogP contribution >= 0.6 is 11.3 Å². The standard InChI is InChI=1S/C26H30N4O7S2/c31-22-15-30(39(35,36)25(33)18-7-4-10-27-14-18)21-8-11-29(23(21)22)24(32)20(13-17-5-2-1-3-6-17)28-26(34)37-19-9-12-38-16-19/h4,7,9-10,12,14,16-17,20-21,23H,1-3,5-6,8,11,13,15H2,(H,28,34). The van der Waals surface area contributed by atoms with Crippen LogP contribution < -0.4 is 10.1 Å². The van der Waals surface area contributed by atoms with Crippen molar-refractivity contribution in [2.24, 2.45) is 5.92 Å². The van der Waals surface area contributed by atoms with E-state index < -0.39 is 57.6 Å². The molecule has 3 atom stereocenters. The number of rotatable bonds is 7. The minimum atomic E-state index is -4.51. The maximum absolute atomic E-state index is 13.8. The highest BCUT2D eigenvalue weighted by Crippen LogP contribution is 2.34. The number of nitrogens with zero attached hydrogens (tertiary/aromatic N) is 3. The molecule has 3 unspecified atom stereocenters. The van der Waals surface area contributed by atoms with Crippen LogP contribution in [-0.2, 0) is 19.6 Å². The zero-order valence-corrected chi connectivity index (χ0v) is 22.9. The lowest BCUT2D eigenvalue weighted by molar-refractivity contribution is -0.138. The maximum Gasteiger partial charge on any atom is 0.413 e. The van der Waals surface area contributed by atoms with Gasteiger partial charge >= 0.3 is 6.09 Å². The third-order valence-corrected chi connectivity index (χ3v) is 10.1. The van der Waals surface area contributed by atoms with Crippen molar-refractivity contribution in [1.82, 2.24) is 19.5 Å². The summed E-state index contributed by atoms with van der Waals surface area (Å²) in [7, 11) is -4.51.